The first-order valence-corrected chi connectivity index (χ1v) is 11.2. The van der Waals surface area contributed by atoms with Crippen molar-refractivity contribution in [2.75, 3.05) is 20.2 Å². The van der Waals surface area contributed by atoms with Gasteiger partial charge in [-0.2, -0.15) is 0 Å². The van der Waals surface area contributed by atoms with Gasteiger partial charge in [0.15, 0.2) is 0 Å². The van der Waals surface area contributed by atoms with E-state index in [9.17, 15) is 9.59 Å². The number of piperidine rings is 1. The average Bonchev–Trinajstić information content (AvgIpc) is 2.86. The summed E-state index contributed by atoms with van der Waals surface area (Å²) in [5.74, 6) is 2.13. The second-order valence-corrected chi connectivity index (χ2v) is 8.06. The van der Waals surface area contributed by atoms with Crippen molar-refractivity contribution in [2.24, 2.45) is 0 Å². The van der Waals surface area contributed by atoms with Gasteiger partial charge in [0.05, 0.1) is 13.5 Å². The number of likely N-dealkylation sites (tertiary alicyclic amines) is 1. The molecule has 33 heavy (non-hydrogen) atoms. The van der Waals surface area contributed by atoms with Gasteiger partial charge in [-0.15, -0.1) is 0 Å². The summed E-state index contributed by atoms with van der Waals surface area (Å²) in [4.78, 5) is 27.2. The first-order chi connectivity index (χ1) is 16.1. The zero-order chi connectivity index (χ0) is 23.0. The average molecular weight is 445 g/mol. The highest BCUT2D eigenvalue weighted by Gasteiger charge is 2.24. The Labute approximate surface area is 194 Å². The Balaban J connectivity index is 1.25. The highest BCUT2D eigenvalue weighted by molar-refractivity contribution is 5.94. The first-order valence-electron chi connectivity index (χ1n) is 11.2. The maximum Gasteiger partial charge on any atom is 0.251 e. The maximum absolute atomic E-state index is 12.7. The van der Waals surface area contributed by atoms with Crippen LogP contribution in [0.15, 0.2) is 78.9 Å². The molecule has 0 atom stereocenters. The predicted molar refractivity (Wildman–Crippen MR) is 127 cm³/mol. The number of ether oxygens (including phenoxy) is 2. The van der Waals surface area contributed by atoms with Crippen LogP contribution >= 0.6 is 0 Å². The van der Waals surface area contributed by atoms with Gasteiger partial charge in [-0.1, -0.05) is 36.4 Å². The third-order valence-corrected chi connectivity index (χ3v) is 5.81. The van der Waals surface area contributed by atoms with E-state index in [0.29, 0.717) is 30.8 Å². The molecule has 170 valence electrons. The minimum atomic E-state index is -0.111. The van der Waals surface area contributed by atoms with Crippen LogP contribution in [0.3, 0.4) is 0 Å². The summed E-state index contributed by atoms with van der Waals surface area (Å²) in [6.45, 7) is 1.26. The fraction of sp³-hybridized carbons (Fsp3) is 0.259. The molecule has 6 heteroatoms. The summed E-state index contributed by atoms with van der Waals surface area (Å²) < 4.78 is 11.1. The van der Waals surface area contributed by atoms with Gasteiger partial charge in [-0.05, 0) is 55.3 Å². The Kier molecular flexibility index (Phi) is 7.25. The molecule has 0 aliphatic carbocycles. The molecule has 1 aliphatic heterocycles. The van der Waals surface area contributed by atoms with Gasteiger partial charge in [0, 0.05) is 30.3 Å². The predicted octanol–water partition coefficient (Wildman–Crippen LogP) is 4.45. The molecule has 0 aromatic heterocycles. The van der Waals surface area contributed by atoms with E-state index in [-0.39, 0.29) is 17.9 Å². The molecule has 1 saturated heterocycles. The molecule has 0 unspecified atom stereocenters. The summed E-state index contributed by atoms with van der Waals surface area (Å²) >= 11 is 0. The van der Waals surface area contributed by atoms with Crippen molar-refractivity contribution >= 4 is 11.8 Å². The number of nitrogens with one attached hydrogen (secondary N) is 1. The largest absolute Gasteiger partial charge is 0.496 e. The van der Waals surface area contributed by atoms with E-state index in [0.717, 1.165) is 29.9 Å². The Hall–Kier alpha value is -3.80. The van der Waals surface area contributed by atoms with E-state index in [4.69, 9.17) is 9.47 Å². The summed E-state index contributed by atoms with van der Waals surface area (Å²) in [5.41, 5.74) is 1.48. The van der Waals surface area contributed by atoms with Crippen molar-refractivity contribution in [3.63, 3.8) is 0 Å². The second-order valence-electron chi connectivity index (χ2n) is 8.06. The van der Waals surface area contributed by atoms with Crippen LogP contribution in [0.25, 0.3) is 0 Å². The van der Waals surface area contributed by atoms with Gasteiger partial charge in [0.2, 0.25) is 5.91 Å². The summed E-state index contributed by atoms with van der Waals surface area (Å²) in [7, 11) is 1.61. The number of hydrogen-bond acceptors (Lipinski definition) is 4. The molecule has 0 spiro atoms. The molecule has 0 saturated carbocycles. The highest BCUT2D eigenvalue weighted by atomic mass is 16.5. The minimum Gasteiger partial charge on any atom is -0.496 e. The van der Waals surface area contributed by atoms with Crippen LogP contribution in [0.1, 0.15) is 28.8 Å². The molecule has 1 N–H and O–H groups in total. The van der Waals surface area contributed by atoms with Crippen LogP contribution in [0.2, 0.25) is 0 Å². The van der Waals surface area contributed by atoms with Crippen LogP contribution in [0.5, 0.6) is 17.2 Å². The molecule has 3 aromatic carbocycles. The number of nitrogens with zero attached hydrogens (tertiary/aromatic N) is 1. The highest BCUT2D eigenvalue weighted by Crippen LogP contribution is 2.22. The van der Waals surface area contributed by atoms with Crippen LogP contribution in [-0.2, 0) is 11.2 Å². The van der Waals surface area contributed by atoms with E-state index in [1.807, 2.05) is 59.5 Å². The molecular formula is C27H28N2O4. The van der Waals surface area contributed by atoms with Gasteiger partial charge >= 0.3 is 0 Å². The molecule has 1 aliphatic rings. The van der Waals surface area contributed by atoms with Crippen molar-refractivity contribution in [2.45, 2.75) is 25.3 Å². The molecule has 4 rings (SSSR count). The lowest BCUT2D eigenvalue weighted by Crippen LogP contribution is -2.47. The third-order valence-electron chi connectivity index (χ3n) is 5.81. The number of rotatable bonds is 7. The van der Waals surface area contributed by atoms with Crippen molar-refractivity contribution < 1.29 is 19.1 Å². The molecule has 0 radical (unpaired) electrons. The Morgan fingerprint density at radius 2 is 1.52 bits per heavy atom. The molecule has 3 aromatic rings. The Morgan fingerprint density at radius 1 is 0.879 bits per heavy atom. The monoisotopic (exact) mass is 444 g/mol. The van der Waals surface area contributed by atoms with Crippen LogP contribution in [-0.4, -0.2) is 43.0 Å². The lowest BCUT2D eigenvalue weighted by molar-refractivity contribution is -0.131. The van der Waals surface area contributed by atoms with E-state index in [1.165, 1.54) is 0 Å². The number of amides is 2. The van der Waals surface area contributed by atoms with E-state index >= 15 is 0 Å². The normalized spacial score (nSPS) is 13.9. The molecule has 0 bridgehead atoms. The summed E-state index contributed by atoms with van der Waals surface area (Å²) in [6, 6.07) is 24.3. The Bertz CT molecular complexity index is 1070. The molecule has 1 heterocycles. The number of benzene rings is 3. The Morgan fingerprint density at radius 3 is 2.21 bits per heavy atom. The zero-order valence-corrected chi connectivity index (χ0v) is 18.7. The quantitative estimate of drug-likeness (QED) is 0.585. The van der Waals surface area contributed by atoms with Crippen LogP contribution in [0, 0.1) is 0 Å². The lowest BCUT2D eigenvalue weighted by Gasteiger charge is -2.32. The summed E-state index contributed by atoms with van der Waals surface area (Å²) in [5, 5.41) is 3.09. The number of carbonyl (C=O) groups is 2. The maximum atomic E-state index is 12.7. The molecule has 1 fully saturated rings. The summed E-state index contributed by atoms with van der Waals surface area (Å²) in [6.07, 6.45) is 1.79. The molecule has 6 nitrogen and oxygen atoms in total. The van der Waals surface area contributed by atoms with E-state index in [2.05, 4.69) is 5.32 Å². The first kappa shape index (κ1) is 22.4. The number of para-hydroxylation sites is 2. The smallest absolute Gasteiger partial charge is 0.251 e. The van der Waals surface area contributed by atoms with Crippen LogP contribution < -0.4 is 14.8 Å². The standard InChI is InChI=1S/C27H28N2O4/c1-32-25-10-6-5-7-21(25)19-26(30)29-17-15-22(16-18-29)28-27(31)20-11-13-24(14-12-20)33-23-8-3-2-4-9-23/h2-14,22H,15-19H2,1H3,(H,28,31). The van der Waals surface area contributed by atoms with Gasteiger partial charge < -0.3 is 19.7 Å². The number of hydrogen-bond donors (Lipinski definition) is 1. The minimum absolute atomic E-state index is 0.0491. The van der Waals surface area contributed by atoms with Crippen molar-refractivity contribution in [1.29, 1.82) is 0 Å². The number of methoxy groups -OCH3 is 1. The van der Waals surface area contributed by atoms with Gasteiger partial charge in [0.25, 0.3) is 5.91 Å². The van der Waals surface area contributed by atoms with Gasteiger partial charge in [0.1, 0.15) is 17.2 Å². The van der Waals surface area contributed by atoms with Gasteiger partial charge in [-0.25, -0.2) is 0 Å². The van der Waals surface area contributed by atoms with E-state index < -0.39 is 0 Å². The third kappa shape index (κ3) is 5.92. The fourth-order valence-electron chi connectivity index (χ4n) is 3.96. The number of carbonyl (C=O) groups excluding carboxylic acids is 2. The SMILES string of the molecule is COc1ccccc1CC(=O)N1CCC(NC(=O)c2ccc(Oc3ccccc3)cc2)CC1. The lowest BCUT2D eigenvalue weighted by atomic mass is 10.0. The van der Waals surface area contributed by atoms with Crippen LogP contribution in [0.4, 0.5) is 0 Å². The topological polar surface area (TPSA) is 67.9 Å². The van der Waals surface area contributed by atoms with Crippen molar-refractivity contribution in [3.05, 3.63) is 90.0 Å². The van der Waals surface area contributed by atoms with E-state index in [1.54, 1.807) is 31.4 Å². The van der Waals surface area contributed by atoms with Crippen molar-refractivity contribution in [1.82, 2.24) is 10.2 Å². The second kappa shape index (κ2) is 10.7. The van der Waals surface area contributed by atoms with Gasteiger partial charge in [-0.3, -0.25) is 9.59 Å². The fourth-order valence-corrected chi connectivity index (χ4v) is 3.96. The van der Waals surface area contributed by atoms with Crippen molar-refractivity contribution in [3.8, 4) is 17.2 Å². The zero-order valence-electron chi connectivity index (χ0n) is 18.7. The molecule has 2 amide bonds. The molecular weight excluding hydrogens is 416 g/mol.